The van der Waals surface area contributed by atoms with Crippen molar-refractivity contribution in [2.24, 2.45) is 5.41 Å². The van der Waals surface area contributed by atoms with Gasteiger partial charge in [0.05, 0.1) is 6.20 Å². The Labute approximate surface area is 101 Å². The molecular formula is C13H18N4. The van der Waals surface area contributed by atoms with E-state index in [9.17, 15) is 0 Å². The lowest BCUT2D eigenvalue weighted by molar-refractivity contribution is 0.159. The molecule has 0 bridgehead atoms. The summed E-state index contributed by atoms with van der Waals surface area (Å²) in [5.74, 6) is 0.682. The second-order valence-electron chi connectivity index (χ2n) is 5.58. The lowest BCUT2D eigenvalue weighted by Crippen LogP contribution is -2.28. The highest BCUT2D eigenvalue weighted by molar-refractivity contribution is 5.52. The van der Waals surface area contributed by atoms with Gasteiger partial charge >= 0.3 is 0 Å². The number of hydrogen-bond acceptors (Lipinski definition) is 3. The van der Waals surface area contributed by atoms with Crippen molar-refractivity contribution in [2.45, 2.75) is 39.5 Å². The van der Waals surface area contributed by atoms with Gasteiger partial charge in [-0.25, -0.2) is 4.98 Å². The number of rotatable bonds is 2. The Hall–Kier alpha value is -1.58. The molecule has 90 valence electrons. The van der Waals surface area contributed by atoms with Crippen LogP contribution in [0.3, 0.4) is 0 Å². The van der Waals surface area contributed by atoms with Crippen LogP contribution in [0.4, 0.5) is 5.82 Å². The monoisotopic (exact) mass is 230 g/mol. The summed E-state index contributed by atoms with van der Waals surface area (Å²) in [5.41, 5.74) is 9.52. The maximum atomic E-state index is 6.01. The molecule has 0 radical (unpaired) electrons. The molecule has 0 aromatic carbocycles. The number of anilines is 1. The molecule has 3 rings (SSSR count). The van der Waals surface area contributed by atoms with E-state index in [4.69, 9.17) is 5.73 Å². The van der Waals surface area contributed by atoms with Crippen molar-refractivity contribution >= 4 is 11.5 Å². The van der Waals surface area contributed by atoms with Gasteiger partial charge in [-0.15, -0.1) is 0 Å². The van der Waals surface area contributed by atoms with Gasteiger partial charge in [-0.2, -0.15) is 9.61 Å². The minimum absolute atomic E-state index is 0.436. The molecule has 17 heavy (non-hydrogen) atoms. The van der Waals surface area contributed by atoms with E-state index in [-0.39, 0.29) is 0 Å². The summed E-state index contributed by atoms with van der Waals surface area (Å²) < 4.78 is 1.71. The molecule has 0 saturated heterocycles. The van der Waals surface area contributed by atoms with Gasteiger partial charge in [0.15, 0.2) is 5.65 Å². The van der Waals surface area contributed by atoms with Crippen molar-refractivity contribution < 1.29 is 0 Å². The van der Waals surface area contributed by atoms with E-state index in [1.54, 1.807) is 4.52 Å². The van der Waals surface area contributed by atoms with Crippen LogP contribution < -0.4 is 5.73 Å². The maximum Gasteiger partial charge on any atom is 0.160 e. The van der Waals surface area contributed by atoms with Crippen molar-refractivity contribution in [1.82, 2.24) is 14.6 Å². The Morgan fingerprint density at radius 3 is 2.88 bits per heavy atom. The standard InChI is InChI=1S/C13H18N4/c1-9-8-15-17-11(14)6-10(16-12(9)17)7-13(2)4-3-5-13/h6,8H,3-5,7,14H2,1-2H3. The molecule has 4 nitrogen and oxygen atoms in total. The number of hydrogen-bond donors (Lipinski definition) is 1. The number of aryl methyl sites for hydroxylation is 1. The molecule has 0 atom stereocenters. The first kappa shape index (κ1) is 10.6. The summed E-state index contributed by atoms with van der Waals surface area (Å²) in [4.78, 5) is 4.68. The molecule has 1 aliphatic carbocycles. The number of nitrogens with two attached hydrogens (primary N) is 1. The summed E-state index contributed by atoms with van der Waals surface area (Å²) in [6.45, 7) is 4.35. The molecule has 0 spiro atoms. The SMILES string of the molecule is Cc1cnn2c(N)cc(CC3(C)CCC3)nc12. The van der Waals surface area contributed by atoms with Crippen LogP contribution in [0, 0.1) is 12.3 Å². The van der Waals surface area contributed by atoms with Gasteiger partial charge in [-0.3, -0.25) is 0 Å². The number of aromatic nitrogens is 3. The van der Waals surface area contributed by atoms with Gasteiger partial charge in [-0.1, -0.05) is 13.3 Å². The topological polar surface area (TPSA) is 56.2 Å². The van der Waals surface area contributed by atoms with Gasteiger partial charge in [0.2, 0.25) is 0 Å². The summed E-state index contributed by atoms with van der Waals surface area (Å²) in [5, 5.41) is 4.22. The van der Waals surface area contributed by atoms with Gasteiger partial charge in [-0.05, 0) is 31.6 Å². The normalized spacial score (nSPS) is 18.2. The van der Waals surface area contributed by atoms with Crippen LogP contribution in [0.1, 0.15) is 37.4 Å². The van der Waals surface area contributed by atoms with E-state index in [1.807, 2.05) is 19.2 Å². The summed E-state index contributed by atoms with van der Waals surface area (Å²) in [7, 11) is 0. The van der Waals surface area contributed by atoms with Crippen LogP contribution in [-0.2, 0) is 6.42 Å². The molecule has 0 amide bonds. The van der Waals surface area contributed by atoms with Crippen LogP contribution in [-0.4, -0.2) is 14.6 Å². The zero-order valence-corrected chi connectivity index (χ0v) is 10.4. The van der Waals surface area contributed by atoms with Crippen molar-refractivity contribution in [1.29, 1.82) is 0 Å². The smallest absolute Gasteiger partial charge is 0.160 e. The van der Waals surface area contributed by atoms with Crippen LogP contribution in [0.2, 0.25) is 0 Å². The van der Waals surface area contributed by atoms with Crippen molar-refractivity contribution in [3.05, 3.63) is 23.5 Å². The fourth-order valence-electron chi connectivity index (χ4n) is 2.63. The van der Waals surface area contributed by atoms with Crippen LogP contribution >= 0.6 is 0 Å². The predicted octanol–water partition coefficient (Wildman–Crippen LogP) is 2.35. The third-order valence-electron chi connectivity index (χ3n) is 3.90. The van der Waals surface area contributed by atoms with E-state index in [1.165, 1.54) is 19.3 Å². The lowest BCUT2D eigenvalue weighted by atomic mass is 9.68. The largest absolute Gasteiger partial charge is 0.384 e. The molecule has 2 aromatic rings. The fraction of sp³-hybridized carbons (Fsp3) is 0.538. The second-order valence-corrected chi connectivity index (χ2v) is 5.58. The summed E-state index contributed by atoms with van der Waals surface area (Å²) in [6.07, 6.45) is 6.79. The molecule has 2 N–H and O–H groups in total. The number of fused-ring (bicyclic) bond motifs is 1. The minimum atomic E-state index is 0.436. The first-order valence-electron chi connectivity index (χ1n) is 6.17. The van der Waals surface area contributed by atoms with E-state index >= 15 is 0 Å². The quantitative estimate of drug-likeness (QED) is 0.861. The maximum absolute atomic E-state index is 6.01. The molecule has 1 saturated carbocycles. The Morgan fingerprint density at radius 2 is 2.24 bits per heavy atom. The molecule has 0 unspecified atom stereocenters. The zero-order chi connectivity index (χ0) is 12.0. The third kappa shape index (κ3) is 1.68. The predicted molar refractivity (Wildman–Crippen MR) is 67.8 cm³/mol. The average molecular weight is 230 g/mol. The van der Waals surface area contributed by atoms with E-state index < -0.39 is 0 Å². The molecule has 1 fully saturated rings. The Kier molecular flexibility index (Phi) is 2.15. The van der Waals surface area contributed by atoms with Gasteiger partial charge in [0, 0.05) is 17.3 Å². The molecule has 2 heterocycles. The molecule has 0 aliphatic heterocycles. The summed E-state index contributed by atoms with van der Waals surface area (Å²) in [6, 6.07) is 1.96. The van der Waals surface area contributed by atoms with Crippen LogP contribution in [0.15, 0.2) is 12.3 Å². The Morgan fingerprint density at radius 1 is 1.47 bits per heavy atom. The Balaban J connectivity index is 2.02. The number of nitrogens with zero attached hydrogens (tertiary/aromatic N) is 3. The fourth-order valence-corrected chi connectivity index (χ4v) is 2.63. The van der Waals surface area contributed by atoms with Crippen molar-refractivity contribution in [2.75, 3.05) is 5.73 Å². The van der Waals surface area contributed by atoms with E-state index in [2.05, 4.69) is 17.0 Å². The van der Waals surface area contributed by atoms with Gasteiger partial charge in [0.1, 0.15) is 5.82 Å². The van der Waals surface area contributed by atoms with Crippen LogP contribution in [0.5, 0.6) is 0 Å². The second kappa shape index (κ2) is 3.45. The molecule has 1 aliphatic rings. The molecule has 2 aromatic heterocycles. The van der Waals surface area contributed by atoms with E-state index in [0.717, 1.165) is 23.3 Å². The molecule has 4 heteroatoms. The van der Waals surface area contributed by atoms with Crippen LogP contribution in [0.25, 0.3) is 5.65 Å². The van der Waals surface area contributed by atoms with Crippen molar-refractivity contribution in [3.63, 3.8) is 0 Å². The Bertz CT molecular complexity index is 566. The highest BCUT2D eigenvalue weighted by atomic mass is 15.3. The average Bonchev–Trinajstić information content (AvgIpc) is 2.59. The number of nitrogen functional groups attached to an aromatic ring is 1. The first-order chi connectivity index (χ1) is 8.07. The van der Waals surface area contributed by atoms with E-state index in [0.29, 0.717) is 11.2 Å². The minimum Gasteiger partial charge on any atom is -0.384 e. The first-order valence-corrected chi connectivity index (χ1v) is 6.17. The van der Waals surface area contributed by atoms with Gasteiger partial charge in [0.25, 0.3) is 0 Å². The van der Waals surface area contributed by atoms with Gasteiger partial charge < -0.3 is 5.73 Å². The highest BCUT2D eigenvalue weighted by Gasteiger charge is 2.32. The zero-order valence-electron chi connectivity index (χ0n) is 10.4. The molecular weight excluding hydrogens is 212 g/mol. The third-order valence-corrected chi connectivity index (χ3v) is 3.90. The summed E-state index contributed by atoms with van der Waals surface area (Å²) >= 11 is 0. The highest BCUT2D eigenvalue weighted by Crippen LogP contribution is 2.42. The van der Waals surface area contributed by atoms with Crippen molar-refractivity contribution in [3.8, 4) is 0 Å². The lowest BCUT2D eigenvalue weighted by Gasteiger charge is -2.38.